The molecule has 2 nitrogen and oxygen atoms in total. The standard InChI is InChI=1S/C8H15F2NO/c1-3-8(4-12-5-8)7(2,11)6(9)10/h6H,3-5,11H2,1-2H3. The van der Waals surface area contributed by atoms with Crippen LogP contribution < -0.4 is 5.73 Å². The van der Waals surface area contributed by atoms with Crippen molar-refractivity contribution in [2.24, 2.45) is 11.1 Å². The third kappa shape index (κ3) is 1.13. The maximum atomic E-state index is 12.5. The van der Waals surface area contributed by atoms with Gasteiger partial charge in [-0.3, -0.25) is 0 Å². The Morgan fingerprint density at radius 2 is 2.08 bits per heavy atom. The first kappa shape index (κ1) is 9.86. The summed E-state index contributed by atoms with van der Waals surface area (Å²) in [5.41, 5.74) is 3.65. The lowest BCUT2D eigenvalue weighted by molar-refractivity contribution is -0.182. The minimum Gasteiger partial charge on any atom is -0.380 e. The Morgan fingerprint density at radius 3 is 2.17 bits per heavy atom. The van der Waals surface area contributed by atoms with Gasteiger partial charge in [0.1, 0.15) is 0 Å². The van der Waals surface area contributed by atoms with Crippen molar-refractivity contribution in [1.29, 1.82) is 0 Å². The Balaban J connectivity index is 2.77. The molecule has 1 unspecified atom stereocenters. The maximum absolute atomic E-state index is 12.5. The van der Waals surface area contributed by atoms with Crippen molar-refractivity contribution in [3.63, 3.8) is 0 Å². The average Bonchev–Trinajstić information content (AvgIpc) is 1.85. The normalized spacial score (nSPS) is 26.5. The summed E-state index contributed by atoms with van der Waals surface area (Å²) in [6.07, 6.45) is -1.84. The van der Waals surface area contributed by atoms with Gasteiger partial charge in [-0.1, -0.05) is 6.92 Å². The van der Waals surface area contributed by atoms with Gasteiger partial charge in [0.05, 0.1) is 18.8 Å². The Kier molecular flexibility index (Phi) is 2.40. The van der Waals surface area contributed by atoms with Crippen LogP contribution in [0, 0.1) is 5.41 Å². The second-order valence-corrected chi connectivity index (χ2v) is 3.71. The van der Waals surface area contributed by atoms with E-state index in [1.165, 1.54) is 6.92 Å². The first-order chi connectivity index (χ1) is 5.46. The fourth-order valence-electron chi connectivity index (χ4n) is 1.48. The summed E-state index contributed by atoms with van der Waals surface area (Å²) in [4.78, 5) is 0. The largest absolute Gasteiger partial charge is 0.380 e. The molecule has 1 rings (SSSR count). The minimum atomic E-state index is -2.48. The van der Waals surface area contributed by atoms with Gasteiger partial charge >= 0.3 is 0 Å². The van der Waals surface area contributed by atoms with E-state index in [1.807, 2.05) is 6.92 Å². The van der Waals surface area contributed by atoms with Crippen molar-refractivity contribution in [3.05, 3.63) is 0 Å². The van der Waals surface area contributed by atoms with E-state index in [1.54, 1.807) is 0 Å². The molecule has 0 aliphatic carbocycles. The van der Waals surface area contributed by atoms with Gasteiger partial charge in [-0.2, -0.15) is 0 Å². The lowest BCUT2D eigenvalue weighted by Gasteiger charge is -2.51. The number of hydrogen-bond donors (Lipinski definition) is 1. The molecule has 12 heavy (non-hydrogen) atoms. The maximum Gasteiger partial charge on any atom is 0.256 e. The monoisotopic (exact) mass is 179 g/mol. The fraction of sp³-hybridized carbons (Fsp3) is 1.00. The van der Waals surface area contributed by atoms with Gasteiger partial charge < -0.3 is 10.5 Å². The molecule has 1 saturated heterocycles. The van der Waals surface area contributed by atoms with Crippen molar-refractivity contribution in [2.45, 2.75) is 32.2 Å². The van der Waals surface area contributed by atoms with Crippen molar-refractivity contribution in [3.8, 4) is 0 Å². The van der Waals surface area contributed by atoms with Crippen LogP contribution in [0.4, 0.5) is 8.78 Å². The smallest absolute Gasteiger partial charge is 0.256 e. The van der Waals surface area contributed by atoms with Crippen molar-refractivity contribution in [2.75, 3.05) is 13.2 Å². The highest BCUT2D eigenvalue weighted by molar-refractivity contribution is 5.04. The van der Waals surface area contributed by atoms with E-state index in [9.17, 15) is 8.78 Å². The summed E-state index contributed by atoms with van der Waals surface area (Å²) in [5, 5.41) is 0. The van der Waals surface area contributed by atoms with E-state index >= 15 is 0 Å². The van der Waals surface area contributed by atoms with Crippen LogP contribution in [0.25, 0.3) is 0 Å². The molecule has 0 radical (unpaired) electrons. The molecule has 0 aromatic heterocycles. The minimum absolute atomic E-state index is 0.362. The molecular weight excluding hydrogens is 164 g/mol. The summed E-state index contributed by atoms with van der Waals surface area (Å²) in [6.45, 7) is 4.00. The number of rotatable bonds is 3. The highest BCUT2D eigenvalue weighted by atomic mass is 19.3. The molecular formula is C8H15F2NO. The molecule has 1 aliphatic heterocycles. The first-order valence-electron chi connectivity index (χ1n) is 4.11. The Labute approximate surface area is 71.1 Å². The Morgan fingerprint density at radius 1 is 1.58 bits per heavy atom. The van der Waals surface area contributed by atoms with Crippen LogP contribution in [0.5, 0.6) is 0 Å². The molecule has 2 N–H and O–H groups in total. The Hall–Kier alpha value is -0.220. The molecule has 0 aromatic carbocycles. The quantitative estimate of drug-likeness (QED) is 0.710. The van der Waals surface area contributed by atoms with E-state index in [0.29, 0.717) is 19.6 Å². The van der Waals surface area contributed by atoms with Crippen molar-refractivity contribution in [1.82, 2.24) is 0 Å². The van der Waals surface area contributed by atoms with Crippen LogP contribution in [-0.4, -0.2) is 25.2 Å². The topological polar surface area (TPSA) is 35.2 Å². The second-order valence-electron chi connectivity index (χ2n) is 3.71. The zero-order valence-corrected chi connectivity index (χ0v) is 7.44. The Bertz CT molecular complexity index is 161. The zero-order chi connectivity index (χ0) is 9.41. The van der Waals surface area contributed by atoms with Crippen LogP contribution in [0.1, 0.15) is 20.3 Å². The van der Waals surface area contributed by atoms with E-state index in [2.05, 4.69) is 0 Å². The number of nitrogens with two attached hydrogens (primary N) is 1. The molecule has 1 fully saturated rings. The molecule has 4 heteroatoms. The van der Waals surface area contributed by atoms with Gasteiger partial charge in [0.2, 0.25) is 0 Å². The molecule has 1 aliphatic rings. The number of alkyl halides is 2. The first-order valence-corrected chi connectivity index (χ1v) is 4.11. The highest BCUT2D eigenvalue weighted by Crippen LogP contribution is 2.43. The predicted molar refractivity (Wildman–Crippen MR) is 42.1 cm³/mol. The molecule has 0 bridgehead atoms. The second kappa shape index (κ2) is 2.92. The third-order valence-electron chi connectivity index (χ3n) is 3.03. The van der Waals surface area contributed by atoms with Crippen LogP contribution in [0.2, 0.25) is 0 Å². The lowest BCUT2D eigenvalue weighted by Crippen LogP contribution is -2.66. The van der Waals surface area contributed by atoms with E-state index in [4.69, 9.17) is 10.5 Å². The number of halogens is 2. The van der Waals surface area contributed by atoms with Gasteiger partial charge in [-0.15, -0.1) is 0 Å². The van der Waals surface area contributed by atoms with Crippen LogP contribution in [0.15, 0.2) is 0 Å². The van der Waals surface area contributed by atoms with E-state index < -0.39 is 17.4 Å². The average molecular weight is 179 g/mol. The van der Waals surface area contributed by atoms with Gasteiger partial charge in [-0.25, -0.2) is 8.78 Å². The summed E-state index contributed by atoms with van der Waals surface area (Å²) in [6, 6.07) is 0. The lowest BCUT2D eigenvalue weighted by atomic mass is 9.67. The van der Waals surface area contributed by atoms with Crippen LogP contribution >= 0.6 is 0 Å². The molecule has 72 valence electrons. The van der Waals surface area contributed by atoms with Crippen LogP contribution in [0.3, 0.4) is 0 Å². The SMILES string of the molecule is CCC1(C(C)(N)C(F)F)COC1. The van der Waals surface area contributed by atoms with Gasteiger partial charge in [-0.05, 0) is 13.3 Å². The summed E-state index contributed by atoms with van der Waals surface area (Å²) >= 11 is 0. The fourth-order valence-corrected chi connectivity index (χ4v) is 1.48. The number of hydrogen-bond acceptors (Lipinski definition) is 2. The molecule has 0 saturated carbocycles. The van der Waals surface area contributed by atoms with Gasteiger partial charge in [0.15, 0.2) is 0 Å². The molecule has 0 aromatic rings. The predicted octanol–water partition coefficient (Wildman–Crippen LogP) is 1.40. The molecule has 0 amide bonds. The molecule has 0 spiro atoms. The highest BCUT2D eigenvalue weighted by Gasteiger charge is 2.54. The summed E-state index contributed by atoms with van der Waals surface area (Å²) < 4.78 is 30.0. The van der Waals surface area contributed by atoms with E-state index in [0.717, 1.165) is 0 Å². The summed E-state index contributed by atoms with van der Waals surface area (Å²) in [7, 11) is 0. The van der Waals surface area contributed by atoms with E-state index in [-0.39, 0.29) is 0 Å². The molecule has 1 atom stereocenters. The number of ether oxygens (including phenoxy) is 1. The molecule has 1 heterocycles. The van der Waals surface area contributed by atoms with Gasteiger partial charge in [0, 0.05) is 5.41 Å². The zero-order valence-electron chi connectivity index (χ0n) is 7.44. The van der Waals surface area contributed by atoms with Gasteiger partial charge in [0.25, 0.3) is 6.43 Å². The van der Waals surface area contributed by atoms with Crippen molar-refractivity contribution < 1.29 is 13.5 Å². The summed E-state index contributed by atoms with van der Waals surface area (Å²) in [5.74, 6) is 0. The van der Waals surface area contributed by atoms with Crippen LogP contribution in [-0.2, 0) is 4.74 Å². The van der Waals surface area contributed by atoms with Crippen molar-refractivity contribution >= 4 is 0 Å². The third-order valence-corrected chi connectivity index (χ3v) is 3.03.